The Hall–Kier alpha value is -4.68. The molecule has 6 nitrogen and oxygen atoms in total. The maximum Gasteiger partial charge on any atom is 0.273 e. The molecule has 5 aromatic rings. The van der Waals surface area contributed by atoms with E-state index in [4.69, 9.17) is 9.15 Å². The number of amides is 1. The Labute approximate surface area is 235 Å². The molecule has 1 aromatic heterocycles. The molecular weight excluding hydrogens is 498 g/mol. The first-order valence-corrected chi connectivity index (χ1v) is 13.5. The summed E-state index contributed by atoms with van der Waals surface area (Å²) in [5, 5.41) is 3.00. The fourth-order valence-corrected chi connectivity index (χ4v) is 4.60. The molecule has 0 unspecified atom stereocenters. The van der Waals surface area contributed by atoms with Crippen LogP contribution in [0.2, 0.25) is 0 Å². The number of ether oxygens (including phenoxy) is 1. The lowest BCUT2D eigenvalue weighted by Crippen LogP contribution is -2.28. The smallest absolute Gasteiger partial charge is 0.273 e. The van der Waals surface area contributed by atoms with Crippen LogP contribution in [-0.4, -0.2) is 15.8 Å². The molecule has 0 saturated heterocycles. The highest BCUT2D eigenvalue weighted by Gasteiger charge is 2.21. The van der Waals surface area contributed by atoms with Crippen molar-refractivity contribution in [2.45, 2.75) is 39.0 Å². The second kappa shape index (κ2) is 12.9. The number of hydrogen-bond donors (Lipinski definition) is 1. The van der Waals surface area contributed by atoms with Crippen LogP contribution in [0.4, 0.5) is 0 Å². The van der Waals surface area contributed by atoms with E-state index in [9.17, 15) is 4.79 Å². The van der Waals surface area contributed by atoms with Crippen LogP contribution in [0.25, 0.3) is 0 Å². The van der Waals surface area contributed by atoms with E-state index in [1.54, 1.807) is 0 Å². The van der Waals surface area contributed by atoms with E-state index < -0.39 is 0 Å². The van der Waals surface area contributed by atoms with E-state index in [1.165, 1.54) is 11.8 Å². The lowest BCUT2D eigenvalue weighted by molar-refractivity contribution is 0.0934. The largest absolute Gasteiger partial charge is 0.457 e. The van der Waals surface area contributed by atoms with Gasteiger partial charge in [0.1, 0.15) is 17.8 Å². The molecule has 0 aliphatic heterocycles. The summed E-state index contributed by atoms with van der Waals surface area (Å²) in [5.41, 5.74) is 3.57. The summed E-state index contributed by atoms with van der Waals surface area (Å²) >= 11 is 0. The van der Waals surface area contributed by atoms with Gasteiger partial charge in [0.2, 0.25) is 5.89 Å². The number of carbonyl (C=O) groups excluding carboxylic acids is 1. The van der Waals surface area contributed by atoms with Gasteiger partial charge in [-0.05, 0) is 54.8 Å². The van der Waals surface area contributed by atoms with Gasteiger partial charge in [0.05, 0.1) is 12.6 Å². The number of hydrogen-bond acceptors (Lipinski definition) is 5. The Balaban J connectivity index is 1.32. The molecule has 4 aromatic carbocycles. The van der Waals surface area contributed by atoms with Gasteiger partial charge < -0.3 is 14.5 Å². The van der Waals surface area contributed by atoms with Crippen molar-refractivity contribution in [1.29, 1.82) is 0 Å². The second-order valence-electron chi connectivity index (χ2n) is 9.79. The minimum atomic E-state index is -0.264. The zero-order chi connectivity index (χ0) is 27.7. The maximum absolute atomic E-state index is 12.9. The van der Waals surface area contributed by atoms with Crippen molar-refractivity contribution in [3.63, 3.8) is 0 Å². The van der Waals surface area contributed by atoms with Gasteiger partial charge >= 0.3 is 0 Å². The lowest BCUT2D eigenvalue weighted by Gasteiger charge is -2.28. The minimum Gasteiger partial charge on any atom is -0.457 e. The first kappa shape index (κ1) is 26.9. The van der Waals surface area contributed by atoms with Crippen molar-refractivity contribution in [3.8, 4) is 11.5 Å². The van der Waals surface area contributed by atoms with Crippen LogP contribution < -0.4 is 10.1 Å². The Kier molecular flexibility index (Phi) is 8.69. The van der Waals surface area contributed by atoms with E-state index in [2.05, 4.69) is 46.4 Å². The van der Waals surface area contributed by atoms with Crippen molar-refractivity contribution in [2.24, 2.45) is 0 Å². The van der Waals surface area contributed by atoms with Gasteiger partial charge in [0.15, 0.2) is 5.69 Å². The molecule has 0 aliphatic carbocycles. The monoisotopic (exact) mass is 531 g/mol. The number of para-hydroxylation sites is 1. The molecule has 0 spiro atoms. The normalized spacial score (nSPS) is 12.6. The van der Waals surface area contributed by atoms with Crippen molar-refractivity contribution in [1.82, 2.24) is 15.2 Å². The van der Waals surface area contributed by atoms with Gasteiger partial charge in [0, 0.05) is 12.6 Å². The van der Waals surface area contributed by atoms with E-state index in [0.717, 1.165) is 22.6 Å². The molecule has 0 radical (unpaired) electrons. The van der Waals surface area contributed by atoms with Crippen LogP contribution in [0.5, 0.6) is 11.5 Å². The van der Waals surface area contributed by atoms with Crippen molar-refractivity contribution < 1.29 is 13.9 Å². The summed E-state index contributed by atoms with van der Waals surface area (Å²) in [6, 6.07) is 37.9. The molecule has 0 bridgehead atoms. The zero-order valence-electron chi connectivity index (χ0n) is 22.7. The van der Waals surface area contributed by atoms with Gasteiger partial charge in [-0.3, -0.25) is 9.69 Å². The van der Waals surface area contributed by atoms with Gasteiger partial charge in [-0.2, -0.15) is 0 Å². The standard InChI is InChI=1S/C34H33N3O3/c1-25(28-14-6-3-7-15-28)35-34(38)32-24-39-33(36-32)23-37(26(2)29-16-8-4-9-17-29)22-27-13-12-20-31(21-27)40-30-18-10-5-11-19-30/h3-21,24-26H,22-23H2,1-2H3,(H,35,38)/t25-,26-/m1/s1. The van der Waals surface area contributed by atoms with Gasteiger partial charge in [-0.15, -0.1) is 0 Å². The van der Waals surface area contributed by atoms with Gasteiger partial charge in [0.25, 0.3) is 5.91 Å². The van der Waals surface area contributed by atoms with E-state index in [1.807, 2.05) is 97.9 Å². The number of nitrogens with zero attached hydrogens (tertiary/aromatic N) is 2. The summed E-state index contributed by atoms with van der Waals surface area (Å²) in [6.07, 6.45) is 1.43. The maximum atomic E-state index is 12.9. The molecule has 0 fully saturated rings. The Morgan fingerprint density at radius 1 is 0.800 bits per heavy atom. The number of nitrogens with one attached hydrogen (secondary N) is 1. The third-order valence-corrected chi connectivity index (χ3v) is 6.86. The first-order chi connectivity index (χ1) is 19.5. The Morgan fingerprint density at radius 3 is 2.12 bits per heavy atom. The highest BCUT2D eigenvalue weighted by atomic mass is 16.5. The topological polar surface area (TPSA) is 67.6 Å². The third-order valence-electron chi connectivity index (χ3n) is 6.86. The summed E-state index contributed by atoms with van der Waals surface area (Å²) in [7, 11) is 0. The molecule has 202 valence electrons. The SMILES string of the molecule is C[C@H](c1ccccc1)N(Cc1cccc(Oc2ccccc2)c1)Cc1nc(C(=O)N[C@H](C)c2ccccc2)co1. The molecule has 0 aliphatic rings. The number of rotatable bonds is 11. The van der Waals surface area contributed by atoms with Crippen LogP contribution in [0.3, 0.4) is 0 Å². The molecule has 5 rings (SSSR count). The third kappa shape index (κ3) is 7.04. The first-order valence-electron chi connectivity index (χ1n) is 13.5. The van der Waals surface area contributed by atoms with Crippen LogP contribution in [0.1, 0.15) is 59.0 Å². The summed E-state index contributed by atoms with van der Waals surface area (Å²) < 4.78 is 11.9. The molecule has 2 atom stereocenters. The zero-order valence-corrected chi connectivity index (χ0v) is 22.7. The number of aromatic nitrogens is 1. The quantitative estimate of drug-likeness (QED) is 0.189. The van der Waals surface area contributed by atoms with Crippen LogP contribution in [-0.2, 0) is 13.1 Å². The lowest BCUT2D eigenvalue weighted by atomic mass is 10.1. The van der Waals surface area contributed by atoms with Crippen LogP contribution in [0, 0.1) is 0 Å². The predicted molar refractivity (Wildman–Crippen MR) is 156 cm³/mol. The van der Waals surface area contributed by atoms with Crippen molar-refractivity contribution in [2.75, 3.05) is 0 Å². The molecule has 1 N–H and O–H groups in total. The number of carbonyl (C=O) groups is 1. The number of benzene rings is 4. The molecule has 6 heteroatoms. The molecule has 40 heavy (non-hydrogen) atoms. The predicted octanol–water partition coefficient (Wildman–Crippen LogP) is 7.72. The van der Waals surface area contributed by atoms with E-state index >= 15 is 0 Å². The minimum absolute atomic E-state index is 0.0715. The fraction of sp³-hybridized carbons (Fsp3) is 0.176. The van der Waals surface area contributed by atoms with Gasteiger partial charge in [-0.25, -0.2) is 4.98 Å². The molecule has 1 heterocycles. The van der Waals surface area contributed by atoms with Crippen molar-refractivity contribution in [3.05, 3.63) is 150 Å². The molecular formula is C34H33N3O3. The van der Waals surface area contributed by atoms with E-state index in [-0.39, 0.29) is 23.7 Å². The van der Waals surface area contributed by atoms with E-state index in [0.29, 0.717) is 19.0 Å². The summed E-state index contributed by atoms with van der Waals surface area (Å²) in [4.78, 5) is 19.7. The fourth-order valence-electron chi connectivity index (χ4n) is 4.60. The second-order valence-corrected chi connectivity index (χ2v) is 9.79. The van der Waals surface area contributed by atoms with Crippen LogP contribution >= 0.6 is 0 Å². The highest BCUT2D eigenvalue weighted by molar-refractivity contribution is 5.92. The highest BCUT2D eigenvalue weighted by Crippen LogP contribution is 2.27. The average Bonchev–Trinajstić information content (AvgIpc) is 3.47. The Bertz CT molecular complexity index is 1500. The molecule has 1 amide bonds. The number of oxazole rings is 1. The summed E-state index contributed by atoms with van der Waals surface area (Å²) in [5.74, 6) is 1.79. The Morgan fingerprint density at radius 2 is 1.43 bits per heavy atom. The average molecular weight is 532 g/mol. The van der Waals surface area contributed by atoms with Crippen LogP contribution in [0.15, 0.2) is 126 Å². The summed E-state index contributed by atoms with van der Waals surface area (Å²) in [6.45, 7) is 5.18. The van der Waals surface area contributed by atoms with Crippen molar-refractivity contribution >= 4 is 5.91 Å². The molecule has 0 saturated carbocycles. The van der Waals surface area contributed by atoms with Gasteiger partial charge in [-0.1, -0.05) is 91.0 Å².